The largest absolute Gasteiger partial charge is 0.334 e. The molecule has 0 radical (unpaired) electrons. The SMILES string of the molecule is Cc1ccccc1CNC(=O)N1CCN(CCc2cccc(Cl)c2)CC1. The number of rotatable bonds is 5. The highest BCUT2D eigenvalue weighted by molar-refractivity contribution is 6.30. The summed E-state index contributed by atoms with van der Waals surface area (Å²) in [6.45, 7) is 7.03. The van der Waals surface area contributed by atoms with Crippen LogP contribution in [0, 0.1) is 6.92 Å². The van der Waals surface area contributed by atoms with Crippen LogP contribution in [0.5, 0.6) is 0 Å². The van der Waals surface area contributed by atoms with E-state index >= 15 is 0 Å². The van der Waals surface area contributed by atoms with E-state index in [0.717, 1.165) is 44.2 Å². The number of hydrogen-bond acceptors (Lipinski definition) is 2. The van der Waals surface area contributed by atoms with Gasteiger partial charge in [-0.2, -0.15) is 0 Å². The topological polar surface area (TPSA) is 35.6 Å². The Bertz CT molecular complexity index is 742. The van der Waals surface area contributed by atoms with E-state index in [1.807, 2.05) is 35.2 Å². The summed E-state index contributed by atoms with van der Waals surface area (Å²) in [5.74, 6) is 0. The molecule has 0 saturated carbocycles. The summed E-state index contributed by atoms with van der Waals surface area (Å²) < 4.78 is 0. The molecule has 5 heteroatoms. The number of nitrogens with one attached hydrogen (secondary N) is 1. The molecule has 1 aliphatic heterocycles. The minimum Gasteiger partial charge on any atom is -0.334 e. The molecule has 1 N–H and O–H groups in total. The Hall–Kier alpha value is -2.04. The maximum atomic E-state index is 12.4. The second-order valence-corrected chi connectivity index (χ2v) is 7.23. The maximum absolute atomic E-state index is 12.4. The van der Waals surface area contributed by atoms with Gasteiger partial charge in [0.2, 0.25) is 0 Å². The molecule has 2 amide bonds. The summed E-state index contributed by atoms with van der Waals surface area (Å²) in [4.78, 5) is 16.7. The van der Waals surface area contributed by atoms with E-state index in [-0.39, 0.29) is 6.03 Å². The monoisotopic (exact) mass is 371 g/mol. The zero-order chi connectivity index (χ0) is 18.4. The smallest absolute Gasteiger partial charge is 0.317 e. The first-order valence-electron chi connectivity index (χ1n) is 9.16. The molecule has 0 aromatic heterocycles. The molecule has 0 atom stereocenters. The number of amides is 2. The van der Waals surface area contributed by atoms with Gasteiger partial charge in [0.05, 0.1) is 0 Å². The first-order chi connectivity index (χ1) is 12.6. The number of carbonyl (C=O) groups is 1. The van der Waals surface area contributed by atoms with E-state index < -0.39 is 0 Å². The Labute approximate surface area is 160 Å². The van der Waals surface area contributed by atoms with Crippen molar-refractivity contribution in [3.05, 3.63) is 70.2 Å². The fraction of sp³-hybridized carbons (Fsp3) is 0.381. The van der Waals surface area contributed by atoms with Crippen molar-refractivity contribution in [2.75, 3.05) is 32.7 Å². The predicted molar refractivity (Wildman–Crippen MR) is 107 cm³/mol. The van der Waals surface area contributed by atoms with Gasteiger partial charge in [0, 0.05) is 44.3 Å². The highest BCUT2D eigenvalue weighted by atomic mass is 35.5. The van der Waals surface area contributed by atoms with E-state index in [0.29, 0.717) is 6.54 Å². The van der Waals surface area contributed by atoms with Crippen molar-refractivity contribution in [1.29, 1.82) is 0 Å². The van der Waals surface area contributed by atoms with Crippen molar-refractivity contribution in [2.45, 2.75) is 19.9 Å². The van der Waals surface area contributed by atoms with Crippen LogP contribution < -0.4 is 5.32 Å². The summed E-state index contributed by atoms with van der Waals surface area (Å²) in [6.07, 6.45) is 0.986. The zero-order valence-electron chi connectivity index (χ0n) is 15.2. The number of carbonyl (C=O) groups excluding carboxylic acids is 1. The van der Waals surface area contributed by atoms with Crippen LogP contribution >= 0.6 is 11.6 Å². The minimum atomic E-state index is 0.0303. The number of benzene rings is 2. The lowest BCUT2D eigenvalue weighted by molar-refractivity contribution is 0.140. The lowest BCUT2D eigenvalue weighted by Crippen LogP contribution is -2.51. The lowest BCUT2D eigenvalue weighted by atomic mass is 10.1. The van der Waals surface area contributed by atoms with E-state index in [2.05, 4.69) is 35.3 Å². The molecular weight excluding hydrogens is 346 g/mol. The van der Waals surface area contributed by atoms with Gasteiger partial charge in [-0.05, 0) is 42.2 Å². The van der Waals surface area contributed by atoms with E-state index in [1.54, 1.807) is 0 Å². The fourth-order valence-electron chi connectivity index (χ4n) is 3.25. The van der Waals surface area contributed by atoms with Gasteiger partial charge in [0.15, 0.2) is 0 Å². The quantitative estimate of drug-likeness (QED) is 0.869. The highest BCUT2D eigenvalue weighted by Gasteiger charge is 2.20. The summed E-state index contributed by atoms with van der Waals surface area (Å²) in [5.41, 5.74) is 3.63. The Kier molecular flexibility index (Phi) is 6.53. The molecule has 0 unspecified atom stereocenters. The van der Waals surface area contributed by atoms with Crippen LogP contribution in [-0.4, -0.2) is 48.6 Å². The van der Waals surface area contributed by atoms with Crippen LogP contribution in [0.2, 0.25) is 5.02 Å². The molecule has 26 heavy (non-hydrogen) atoms. The van der Waals surface area contributed by atoms with Gasteiger partial charge in [-0.3, -0.25) is 4.90 Å². The summed E-state index contributed by atoms with van der Waals surface area (Å²) in [5, 5.41) is 3.83. The Balaban J connectivity index is 1.40. The third kappa shape index (κ3) is 5.23. The van der Waals surface area contributed by atoms with Gasteiger partial charge >= 0.3 is 6.03 Å². The maximum Gasteiger partial charge on any atom is 0.317 e. The predicted octanol–water partition coefficient (Wildman–Crippen LogP) is 3.72. The molecule has 3 rings (SSSR count). The van der Waals surface area contributed by atoms with Crippen molar-refractivity contribution in [3.63, 3.8) is 0 Å². The van der Waals surface area contributed by atoms with Crippen LogP contribution in [0.4, 0.5) is 4.79 Å². The zero-order valence-corrected chi connectivity index (χ0v) is 16.0. The molecular formula is C21H26ClN3O. The Morgan fingerprint density at radius 3 is 2.58 bits per heavy atom. The molecule has 4 nitrogen and oxygen atoms in total. The van der Waals surface area contributed by atoms with Crippen LogP contribution in [-0.2, 0) is 13.0 Å². The normalized spacial score (nSPS) is 15.1. The molecule has 0 aliphatic carbocycles. The van der Waals surface area contributed by atoms with Crippen molar-refractivity contribution >= 4 is 17.6 Å². The van der Waals surface area contributed by atoms with Crippen LogP contribution in [0.15, 0.2) is 48.5 Å². The molecule has 138 valence electrons. The Morgan fingerprint density at radius 1 is 1.08 bits per heavy atom. The van der Waals surface area contributed by atoms with Gasteiger partial charge in [0.25, 0.3) is 0 Å². The van der Waals surface area contributed by atoms with Crippen molar-refractivity contribution in [2.24, 2.45) is 0 Å². The molecule has 0 bridgehead atoms. The van der Waals surface area contributed by atoms with Gasteiger partial charge in [-0.25, -0.2) is 4.79 Å². The van der Waals surface area contributed by atoms with Gasteiger partial charge in [-0.15, -0.1) is 0 Å². The average Bonchev–Trinajstić information content (AvgIpc) is 2.66. The van der Waals surface area contributed by atoms with Crippen molar-refractivity contribution < 1.29 is 4.79 Å². The molecule has 1 fully saturated rings. The highest BCUT2D eigenvalue weighted by Crippen LogP contribution is 2.12. The minimum absolute atomic E-state index is 0.0303. The molecule has 2 aromatic carbocycles. The lowest BCUT2D eigenvalue weighted by Gasteiger charge is -2.34. The Morgan fingerprint density at radius 2 is 1.85 bits per heavy atom. The molecule has 1 heterocycles. The van der Waals surface area contributed by atoms with Crippen LogP contribution in [0.25, 0.3) is 0 Å². The van der Waals surface area contributed by atoms with Gasteiger partial charge in [-0.1, -0.05) is 48.0 Å². The summed E-state index contributed by atoms with van der Waals surface area (Å²) in [7, 11) is 0. The first kappa shape index (κ1) is 18.7. The van der Waals surface area contributed by atoms with Gasteiger partial charge in [0.1, 0.15) is 0 Å². The van der Waals surface area contributed by atoms with E-state index in [1.165, 1.54) is 16.7 Å². The van der Waals surface area contributed by atoms with Crippen molar-refractivity contribution in [3.8, 4) is 0 Å². The third-order valence-corrected chi connectivity index (χ3v) is 5.19. The molecule has 1 aliphatic rings. The first-order valence-corrected chi connectivity index (χ1v) is 9.54. The number of aryl methyl sites for hydroxylation is 1. The second-order valence-electron chi connectivity index (χ2n) is 6.79. The number of halogens is 1. The average molecular weight is 372 g/mol. The summed E-state index contributed by atoms with van der Waals surface area (Å²) in [6, 6.07) is 16.2. The second kappa shape index (κ2) is 9.06. The number of nitrogens with zero attached hydrogens (tertiary/aromatic N) is 2. The third-order valence-electron chi connectivity index (χ3n) is 4.96. The number of urea groups is 1. The fourth-order valence-corrected chi connectivity index (χ4v) is 3.46. The van der Waals surface area contributed by atoms with Crippen molar-refractivity contribution in [1.82, 2.24) is 15.1 Å². The number of piperazine rings is 1. The molecule has 2 aromatic rings. The van der Waals surface area contributed by atoms with Crippen LogP contribution in [0.3, 0.4) is 0 Å². The molecule has 0 spiro atoms. The standard InChI is InChI=1S/C21H26ClN3O/c1-17-5-2-3-7-19(17)16-23-21(26)25-13-11-24(12-14-25)10-9-18-6-4-8-20(22)15-18/h2-8,15H,9-14,16H2,1H3,(H,23,26). The molecule has 1 saturated heterocycles. The van der Waals surface area contributed by atoms with Crippen LogP contribution in [0.1, 0.15) is 16.7 Å². The van der Waals surface area contributed by atoms with Gasteiger partial charge < -0.3 is 10.2 Å². The van der Waals surface area contributed by atoms with E-state index in [9.17, 15) is 4.79 Å². The number of hydrogen-bond donors (Lipinski definition) is 1. The summed E-state index contributed by atoms with van der Waals surface area (Å²) >= 11 is 6.04. The van der Waals surface area contributed by atoms with E-state index in [4.69, 9.17) is 11.6 Å².